The van der Waals surface area contributed by atoms with E-state index in [2.05, 4.69) is 14.9 Å². The Morgan fingerprint density at radius 2 is 1.92 bits per heavy atom. The molecule has 8 heteroatoms. The summed E-state index contributed by atoms with van der Waals surface area (Å²) in [5.41, 5.74) is 1.44. The van der Waals surface area contributed by atoms with E-state index < -0.39 is 0 Å². The number of hydrogen-bond donors (Lipinski definition) is 0. The van der Waals surface area contributed by atoms with E-state index in [0.29, 0.717) is 22.1 Å². The zero-order valence-electron chi connectivity index (χ0n) is 15.2. The van der Waals surface area contributed by atoms with E-state index in [1.807, 2.05) is 27.9 Å². The van der Waals surface area contributed by atoms with Crippen LogP contribution < -0.4 is 4.90 Å². The van der Waals surface area contributed by atoms with Crippen LogP contribution in [-0.2, 0) is 0 Å². The molecule has 2 aromatic heterocycles. The van der Waals surface area contributed by atoms with Crippen LogP contribution in [0.5, 0.6) is 0 Å². The molecular formula is C18H21FN4OS2. The molecule has 0 aliphatic rings. The number of thiazole rings is 2. The highest BCUT2D eigenvalue weighted by Gasteiger charge is 2.24. The highest BCUT2D eigenvalue weighted by atomic mass is 32.1. The molecule has 138 valence electrons. The average Bonchev–Trinajstić information content (AvgIpc) is 3.12. The summed E-state index contributed by atoms with van der Waals surface area (Å²) < 4.78 is 14.2. The predicted octanol–water partition coefficient (Wildman–Crippen LogP) is 4.11. The van der Waals surface area contributed by atoms with Crippen molar-refractivity contribution in [3.63, 3.8) is 0 Å². The molecule has 2 heterocycles. The Balaban J connectivity index is 1.95. The zero-order valence-corrected chi connectivity index (χ0v) is 16.9. The van der Waals surface area contributed by atoms with E-state index in [-0.39, 0.29) is 11.7 Å². The fraction of sp³-hybridized carbons (Fsp3) is 0.389. The largest absolute Gasteiger partial charge is 0.309 e. The third-order valence-corrected chi connectivity index (χ3v) is 6.00. The molecule has 3 rings (SSSR count). The summed E-state index contributed by atoms with van der Waals surface area (Å²) in [5, 5.41) is 1.46. The SMILES string of the molecule is Cc1nc(C)c(C(=O)N(CCCN(C)C)c2nc3ccc(F)cc3s2)s1. The first-order valence-electron chi connectivity index (χ1n) is 8.32. The van der Waals surface area contributed by atoms with E-state index in [1.54, 1.807) is 11.0 Å². The number of aryl methyl sites for hydroxylation is 2. The van der Waals surface area contributed by atoms with Gasteiger partial charge in [-0.15, -0.1) is 11.3 Å². The number of aromatic nitrogens is 2. The second-order valence-corrected chi connectivity index (χ2v) is 8.58. The summed E-state index contributed by atoms with van der Waals surface area (Å²) in [6.45, 7) is 5.16. The van der Waals surface area contributed by atoms with Crippen LogP contribution in [0.1, 0.15) is 26.8 Å². The molecule has 0 aliphatic heterocycles. The normalized spacial score (nSPS) is 11.5. The van der Waals surface area contributed by atoms with Gasteiger partial charge in [0.25, 0.3) is 5.91 Å². The number of anilines is 1. The van der Waals surface area contributed by atoms with Crippen LogP contribution in [0.2, 0.25) is 0 Å². The molecule has 0 saturated carbocycles. The quantitative estimate of drug-likeness (QED) is 0.633. The fourth-order valence-corrected chi connectivity index (χ4v) is 4.57. The van der Waals surface area contributed by atoms with Crippen molar-refractivity contribution >= 4 is 43.9 Å². The smallest absolute Gasteiger partial charge is 0.272 e. The molecule has 3 aromatic rings. The maximum atomic E-state index is 13.5. The van der Waals surface area contributed by atoms with Gasteiger partial charge in [0.05, 0.1) is 20.9 Å². The first-order chi connectivity index (χ1) is 12.3. The van der Waals surface area contributed by atoms with Crippen LogP contribution in [0.4, 0.5) is 9.52 Å². The highest BCUT2D eigenvalue weighted by molar-refractivity contribution is 7.22. The van der Waals surface area contributed by atoms with Crippen LogP contribution in [0, 0.1) is 19.7 Å². The van der Waals surface area contributed by atoms with Crippen LogP contribution in [0.25, 0.3) is 10.2 Å². The van der Waals surface area contributed by atoms with Crippen molar-refractivity contribution in [2.75, 3.05) is 32.1 Å². The van der Waals surface area contributed by atoms with Crippen molar-refractivity contribution in [2.24, 2.45) is 0 Å². The van der Waals surface area contributed by atoms with Crippen molar-refractivity contribution in [3.05, 3.63) is 39.6 Å². The van der Waals surface area contributed by atoms with E-state index in [9.17, 15) is 9.18 Å². The Morgan fingerprint density at radius 1 is 1.15 bits per heavy atom. The van der Waals surface area contributed by atoms with Gasteiger partial charge in [-0.05, 0) is 59.1 Å². The lowest BCUT2D eigenvalue weighted by Crippen LogP contribution is -2.33. The van der Waals surface area contributed by atoms with Gasteiger partial charge in [-0.25, -0.2) is 14.4 Å². The van der Waals surface area contributed by atoms with Gasteiger partial charge in [-0.2, -0.15) is 0 Å². The summed E-state index contributed by atoms with van der Waals surface area (Å²) in [6.07, 6.45) is 0.819. The molecule has 0 bridgehead atoms. The van der Waals surface area contributed by atoms with Gasteiger partial charge in [0, 0.05) is 6.54 Å². The standard InChI is InChI=1S/C18H21FN4OS2/c1-11-16(25-12(2)20-11)17(24)23(9-5-8-22(3)4)18-21-14-7-6-13(19)10-15(14)26-18/h6-7,10H,5,8-9H2,1-4H3. The minimum Gasteiger partial charge on any atom is -0.309 e. The molecule has 0 radical (unpaired) electrons. The lowest BCUT2D eigenvalue weighted by Gasteiger charge is -2.20. The van der Waals surface area contributed by atoms with Gasteiger partial charge in [0.2, 0.25) is 0 Å². The van der Waals surface area contributed by atoms with Crippen molar-refractivity contribution < 1.29 is 9.18 Å². The topological polar surface area (TPSA) is 49.3 Å². The van der Waals surface area contributed by atoms with E-state index >= 15 is 0 Å². The monoisotopic (exact) mass is 392 g/mol. The number of rotatable bonds is 6. The van der Waals surface area contributed by atoms with Gasteiger partial charge < -0.3 is 4.90 Å². The number of amides is 1. The summed E-state index contributed by atoms with van der Waals surface area (Å²) in [6, 6.07) is 4.50. The lowest BCUT2D eigenvalue weighted by atomic mass is 10.3. The Bertz CT molecular complexity index is 935. The van der Waals surface area contributed by atoms with Crippen molar-refractivity contribution in [1.29, 1.82) is 0 Å². The minimum absolute atomic E-state index is 0.0913. The fourth-order valence-electron chi connectivity index (χ4n) is 2.68. The third-order valence-electron chi connectivity index (χ3n) is 3.90. The van der Waals surface area contributed by atoms with E-state index in [1.165, 1.54) is 34.8 Å². The molecule has 0 atom stereocenters. The van der Waals surface area contributed by atoms with E-state index in [0.717, 1.165) is 28.4 Å². The predicted molar refractivity (Wildman–Crippen MR) is 106 cm³/mol. The summed E-state index contributed by atoms with van der Waals surface area (Å²) >= 11 is 2.74. The van der Waals surface area contributed by atoms with Gasteiger partial charge in [-0.1, -0.05) is 11.3 Å². The number of halogens is 1. The van der Waals surface area contributed by atoms with Crippen LogP contribution in [-0.4, -0.2) is 48.0 Å². The number of nitrogens with zero attached hydrogens (tertiary/aromatic N) is 4. The minimum atomic E-state index is -0.299. The van der Waals surface area contributed by atoms with Crippen LogP contribution >= 0.6 is 22.7 Å². The first kappa shape index (κ1) is 18.9. The molecule has 0 aliphatic carbocycles. The number of carbonyl (C=O) groups excluding carboxylic acids is 1. The molecule has 0 saturated heterocycles. The highest BCUT2D eigenvalue weighted by Crippen LogP contribution is 2.31. The average molecular weight is 393 g/mol. The Morgan fingerprint density at radius 3 is 2.58 bits per heavy atom. The van der Waals surface area contributed by atoms with Crippen molar-refractivity contribution in [2.45, 2.75) is 20.3 Å². The Kier molecular flexibility index (Phi) is 5.64. The molecule has 26 heavy (non-hydrogen) atoms. The van der Waals surface area contributed by atoms with Crippen molar-refractivity contribution in [3.8, 4) is 0 Å². The van der Waals surface area contributed by atoms with E-state index in [4.69, 9.17) is 0 Å². The van der Waals surface area contributed by atoms with Gasteiger partial charge >= 0.3 is 0 Å². The molecule has 0 N–H and O–H groups in total. The summed E-state index contributed by atoms with van der Waals surface area (Å²) in [7, 11) is 4.01. The number of carbonyl (C=O) groups is 1. The molecule has 0 unspecified atom stereocenters. The van der Waals surface area contributed by atoms with Gasteiger partial charge in [0.1, 0.15) is 10.7 Å². The van der Waals surface area contributed by atoms with Gasteiger partial charge in [0.15, 0.2) is 5.13 Å². The van der Waals surface area contributed by atoms with Crippen LogP contribution in [0.15, 0.2) is 18.2 Å². The number of fused-ring (bicyclic) bond motifs is 1. The Labute approximate surface area is 160 Å². The zero-order chi connectivity index (χ0) is 18.8. The van der Waals surface area contributed by atoms with Gasteiger partial charge in [-0.3, -0.25) is 9.69 Å². The molecule has 1 amide bonds. The molecule has 5 nitrogen and oxygen atoms in total. The van der Waals surface area contributed by atoms with Crippen LogP contribution in [0.3, 0.4) is 0 Å². The second kappa shape index (κ2) is 7.77. The maximum Gasteiger partial charge on any atom is 0.272 e. The van der Waals surface area contributed by atoms with Crippen molar-refractivity contribution in [1.82, 2.24) is 14.9 Å². The lowest BCUT2D eigenvalue weighted by molar-refractivity contribution is 0.0989. The molecule has 0 fully saturated rings. The molecular weight excluding hydrogens is 371 g/mol. The first-order valence-corrected chi connectivity index (χ1v) is 9.95. The molecule has 1 aromatic carbocycles. The third kappa shape index (κ3) is 4.08. The summed E-state index contributed by atoms with van der Waals surface area (Å²) in [5.74, 6) is -0.390. The maximum absolute atomic E-state index is 13.5. The summed E-state index contributed by atoms with van der Waals surface area (Å²) in [4.78, 5) is 26.5. The second-order valence-electron chi connectivity index (χ2n) is 6.37. The Hall–Kier alpha value is -1.90. The number of benzene rings is 1. The number of hydrogen-bond acceptors (Lipinski definition) is 6. The molecule has 0 spiro atoms.